The highest BCUT2D eigenvalue weighted by molar-refractivity contribution is 5.82. The van der Waals surface area contributed by atoms with Crippen molar-refractivity contribution in [2.24, 2.45) is 5.73 Å². The number of fused-ring (bicyclic) bond motifs is 2. The van der Waals surface area contributed by atoms with Crippen LogP contribution in [0.4, 0.5) is 5.69 Å². The summed E-state index contributed by atoms with van der Waals surface area (Å²) in [6.45, 7) is 0. The Morgan fingerprint density at radius 3 is 1.98 bits per heavy atom. The molecule has 2 aliphatic rings. The van der Waals surface area contributed by atoms with E-state index in [4.69, 9.17) is 25.7 Å². The lowest BCUT2D eigenvalue weighted by molar-refractivity contribution is 0.253. The first-order valence-electron chi connectivity index (χ1n) is 19.4. The van der Waals surface area contributed by atoms with Gasteiger partial charge in [0, 0.05) is 39.9 Å². The molecule has 11 rings (SSSR count). The average Bonchev–Trinajstić information content (AvgIpc) is 4.00. The molecule has 278 valence electrons. The zero-order chi connectivity index (χ0) is 38.0. The van der Waals surface area contributed by atoms with Gasteiger partial charge in [0.05, 0.1) is 29.7 Å². The summed E-state index contributed by atoms with van der Waals surface area (Å²) >= 11 is 0. The van der Waals surface area contributed by atoms with E-state index in [0.29, 0.717) is 17.1 Å². The van der Waals surface area contributed by atoms with Crippen molar-refractivity contribution in [3.8, 4) is 45.5 Å². The molecule has 0 atom stereocenters. The molecule has 9 aromatic rings. The topological polar surface area (TPSA) is 154 Å². The fraction of sp³-hybridized carbons (Fsp3) is 0.178. The third-order valence-electron chi connectivity index (χ3n) is 11.9. The van der Waals surface area contributed by atoms with Gasteiger partial charge in [-0.15, -0.1) is 0 Å². The molecule has 0 unspecified atom stereocenters. The molecule has 5 heterocycles. The van der Waals surface area contributed by atoms with Gasteiger partial charge < -0.3 is 11.1 Å². The number of hydrogen-bond donors (Lipinski definition) is 3. The monoisotopic (exact) mass is 746 g/mol. The number of hydrogen-bond acceptors (Lipinski definition) is 9. The van der Waals surface area contributed by atoms with Gasteiger partial charge in [0.25, 0.3) is 0 Å². The first-order valence-corrected chi connectivity index (χ1v) is 19.4. The first kappa shape index (κ1) is 33.3. The van der Waals surface area contributed by atoms with Crippen LogP contribution in [-0.2, 0) is 11.1 Å². The Morgan fingerprint density at radius 1 is 0.614 bits per heavy atom. The number of aromatic amines is 1. The van der Waals surface area contributed by atoms with E-state index in [1.165, 1.54) is 5.56 Å². The van der Waals surface area contributed by atoms with E-state index < -0.39 is 0 Å². The maximum atomic E-state index is 6.70. The number of nitrogens with zero attached hydrogens (tertiary/aromatic N) is 9. The van der Waals surface area contributed by atoms with Gasteiger partial charge in [-0.1, -0.05) is 72.8 Å². The summed E-state index contributed by atoms with van der Waals surface area (Å²) in [4.78, 5) is 28.5. The molecule has 0 aliphatic heterocycles. The number of nitrogens with two attached hydrogens (primary N) is 1. The largest absolute Gasteiger partial charge is 0.375 e. The van der Waals surface area contributed by atoms with Crippen LogP contribution in [-0.4, -0.2) is 49.2 Å². The van der Waals surface area contributed by atoms with Crippen molar-refractivity contribution in [3.63, 3.8) is 0 Å². The summed E-state index contributed by atoms with van der Waals surface area (Å²) in [5, 5.41) is 10.9. The molecule has 0 saturated heterocycles. The number of benzene rings is 4. The summed E-state index contributed by atoms with van der Waals surface area (Å²) in [6.07, 6.45) is 15.1. The predicted octanol–water partition coefficient (Wildman–Crippen LogP) is 8.50. The molecule has 57 heavy (non-hydrogen) atoms. The van der Waals surface area contributed by atoms with Crippen molar-refractivity contribution >= 4 is 28.0 Å². The summed E-state index contributed by atoms with van der Waals surface area (Å²) in [5.74, 6) is 2.18. The Labute approximate surface area is 327 Å². The van der Waals surface area contributed by atoms with Gasteiger partial charge in [-0.25, -0.2) is 29.9 Å². The van der Waals surface area contributed by atoms with Crippen LogP contribution in [0.15, 0.2) is 134 Å². The molecule has 0 spiro atoms. The number of rotatable bonds is 9. The fourth-order valence-electron chi connectivity index (χ4n) is 8.45. The van der Waals surface area contributed by atoms with Gasteiger partial charge in [-0.05, 0) is 80.0 Å². The molecule has 2 fully saturated rings. The van der Waals surface area contributed by atoms with E-state index in [9.17, 15) is 0 Å². The van der Waals surface area contributed by atoms with Crippen molar-refractivity contribution in [2.45, 2.75) is 49.6 Å². The molecule has 0 radical (unpaired) electrons. The molecule has 4 aromatic carbocycles. The number of para-hydroxylation sites is 1. The van der Waals surface area contributed by atoms with E-state index >= 15 is 0 Å². The Balaban J connectivity index is 0.947. The van der Waals surface area contributed by atoms with Gasteiger partial charge in [0.15, 0.2) is 17.1 Å². The summed E-state index contributed by atoms with van der Waals surface area (Å²) in [7, 11) is 0. The Bertz CT molecular complexity index is 2890. The standard InChI is InChI=1S/C45H38N12/c46-44(19-5-20-44)32-15-11-29(12-16-32)43-54-41-38(27-48-39(52-41)31-24-50-51-25-31)57(43)36-10-4-7-34(23-36)55-45(21-6-22-45)33-17-13-30(14-18-33)42-53-40-37(26-47-28-49-40)56(42)35-8-2-1-3-9-35/h1-4,7-18,23-28,55H,5-6,19-22,46H2,(H,50,51). The van der Waals surface area contributed by atoms with E-state index in [1.54, 1.807) is 18.7 Å². The highest BCUT2D eigenvalue weighted by Crippen LogP contribution is 2.45. The summed E-state index contributed by atoms with van der Waals surface area (Å²) in [6, 6.07) is 36.2. The van der Waals surface area contributed by atoms with Crippen LogP contribution < -0.4 is 11.1 Å². The predicted molar refractivity (Wildman–Crippen MR) is 221 cm³/mol. The Kier molecular flexibility index (Phi) is 7.61. The minimum Gasteiger partial charge on any atom is -0.375 e. The number of anilines is 1. The average molecular weight is 747 g/mol. The van der Waals surface area contributed by atoms with Crippen molar-refractivity contribution in [2.75, 3.05) is 5.32 Å². The van der Waals surface area contributed by atoms with Gasteiger partial charge in [-0.2, -0.15) is 5.10 Å². The summed E-state index contributed by atoms with van der Waals surface area (Å²) < 4.78 is 4.28. The van der Waals surface area contributed by atoms with E-state index in [2.05, 4.69) is 120 Å². The van der Waals surface area contributed by atoms with Crippen molar-refractivity contribution < 1.29 is 0 Å². The zero-order valence-electron chi connectivity index (χ0n) is 31.0. The first-order chi connectivity index (χ1) is 28.0. The van der Waals surface area contributed by atoms with Crippen LogP contribution in [0.5, 0.6) is 0 Å². The molecule has 5 aromatic heterocycles. The second-order valence-corrected chi connectivity index (χ2v) is 15.3. The van der Waals surface area contributed by atoms with Crippen molar-refractivity contribution in [3.05, 3.63) is 145 Å². The molecule has 2 aliphatic carbocycles. The number of aromatic nitrogens is 10. The number of nitrogens with one attached hydrogen (secondary N) is 2. The van der Waals surface area contributed by atoms with E-state index in [-0.39, 0.29) is 11.1 Å². The van der Waals surface area contributed by atoms with Crippen LogP contribution in [0.25, 0.3) is 67.9 Å². The molecule has 4 N–H and O–H groups in total. The maximum absolute atomic E-state index is 6.70. The van der Waals surface area contributed by atoms with Gasteiger partial charge in [-0.3, -0.25) is 14.2 Å². The molecular formula is C45H38N12. The third kappa shape index (κ3) is 5.59. The van der Waals surface area contributed by atoms with Crippen LogP contribution in [0.1, 0.15) is 49.7 Å². The SMILES string of the molecule is NC1(c2ccc(-c3nc4nc(-c5cn[nH]c5)ncc4n3-c3cccc(NC4(c5ccc(-c6nc7ncncc7n6-c6ccccc6)cc5)CCC4)c3)cc2)CCC1. The second kappa shape index (κ2) is 13.0. The Morgan fingerprint density at radius 2 is 1.30 bits per heavy atom. The van der Waals surface area contributed by atoms with Crippen LogP contribution in [0.2, 0.25) is 0 Å². The van der Waals surface area contributed by atoms with Crippen LogP contribution in [0, 0.1) is 0 Å². The molecule has 0 amide bonds. The molecule has 12 nitrogen and oxygen atoms in total. The normalized spacial score (nSPS) is 15.7. The molecule has 2 saturated carbocycles. The lowest BCUT2D eigenvalue weighted by Gasteiger charge is -2.44. The number of imidazole rings is 2. The minimum absolute atomic E-state index is 0.208. The fourth-order valence-corrected chi connectivity index (χ4v) is 8.45. The second-order valence-electron chi connectivity index (χ2n) is 15.3. The zero-order valence-corrected chi connectivity index (χ0v) is 31.0. The van der Waals surface area contributed by atoms with Gasteiger partial charge >= 0.3 is 0 Å². The third-order valence-corrected chi connectivity index (χ3v) is 11.9. The molecule has 0 bridgehead atoms. The molecular weight excluding hydrogens is 709 g/mol. The lowest BCUT2D eigenvalue weighted by Crippen LogP contribution is -2.43. The van der Waals surface area contributed by atoms with Gasteiger partial charge in [0.1, 0.15) is 29.0 Å². The van der Waals surface area contributed by atoms with Crippen molar-refractivity contribution in [1.82, 2.24) is 49.2 Å². The van der Waals surface area contributed by atoms with Crippen LogP contribution in [0.3, 0.4) is 0 Å². The maximum Gasteiger partial charge on any atom is 0.182 e. The highest BCUT2D eigenvalue weighted by atomic mass is 15.2. The van der Waals surface area contributed by atoms with Gasteiger partial charge in [0.2, 0.25) is 0 Å². The van der Waals surface area contributed by atoms with E-state index in [1.807, 2.05) is 30.6 Å². The quantitative estimate of drug-likeness (QED) is 0.132. The smallest absolute Gasteiger partial charge is 0.182 e. The highest BCUT2D eigenvalue weighted by Gasteiger charge is 2.39. The summed E-state index contributed by atoms with van der Waals surface area (Å²) in [5.41, 5.74) is 17.4. The van der Waals surface area contributed by atoms with Crippen LogP contribution >= 0.6 is 0 Å². The molecule has 12 heteroatoms. The minimum atomic E-state index is -0.240. The van der Waals surface area contributed by atoms with E-state index in [0.717, 1.165) is 101 Å². The number of H-pyrrole nitrogens is 1. The Hall–Kier alpha value is -7.05. The van der Waals surface area contributed by atoms with Crippen molar-refractivity contribution in [1.29, 1.82) is 0 Å². The lowest BCUT2D eigenvalue weighted by atomic mass is 9.71.